The molecule has 2 aromatic heterocycles. The monoisotopic (exact) mass is 338 g/mol. The van der Waals surface area contributed by atoms with Crippen LogP contribution in [0.3, 0.4) is 0 Å². The minimum atomic E-state index is 0.291. The molecule has 0 amide bonds. The zero-order valence-corrected chi connectivity index (χ0v) is 14.7. The second-order valence-corrected chi connectivity index (χ2v) is 6.91. The fraction of sp³-hybridized carbons (Fsp3) is 0.130. The van der Waals surface area contributed by atoms with Crippen LogP contribution < -0.4 is 0 Å². The Morgan fingerprint density at radius 1 is 0.731 bits per heavy atom. The molecule has 0 N–H and O–H groups in total. The van der Waals surface area contributed by atoms with Gasteiger partial charge in [0.15, 0.2) is 0 Å². The van der Waals surface area contributed by atoms with Gasteiger partial charge in [0.05, 0.1) is 22.4 Å². The summed E-state index contributed by atoms with van der Waals surface area (Å²) in [7, 11) is 0. The van der Waals surface area contributed by atoms with E-state index in [9.17, 15) is 0 Å². The van der Waals surface area contributed by atoms with Gasteiger partial charge >= 0.3 is 0 Å². The van der Waals surface area contributed by atoms with E-state index >= 15 is 0 Å². The van der Waals surface area contributed by atoms with E-state index in [0.29, 0.717) is 5.92 Å². The van der Waals surface area contributed by atoms with Crippen LogP contribution in [0.15, 0.2) is 71.1 Å². The van der Waals surface area contributed by atoms with Crippen molar-refractivity contribution in [2.45, 2.75) is 19.8 Å². The number of para-hydroxylation sites is 3. The number of furan rings is 1. The number of fused-ring (bicyclic) bond motifs is 4. The Morgan fingerprint density at radius 3 is 2.23 bits per heavy atom. The summed E-state index contributed by atoms with van der Waals surface area (Å²) in [6.07, 6.45) is 0. The summed E-state index contributed by atoms with van der Waals surface area (Å²) in [6, 6.07) is 22.5. The van der Waals surface area contributed by atoms with Crippen molar-refractivity contribution in [3.63, 3.8) is 0 Å². The number of hydrogen-bond acceptors (Lipinski definition) is 3. The molecule has 3 nitrogen and oxygen atoms in total. The fourth-order valence-electron chi connectivity index (χ4n) is 3.50. The first-order chi connectivity index (χ1) is 12.7. The van der Waals surface area contributed by atoms with Gasteiger partial charge in [-0.25, -0.2) is 9.97 Å². The zero-order chi connectivity index (χ0) is 17.7. The summed E-state index contributed by atoms with van der Waals surface area (Å²) in [4.78, 5) is 9.84. The van der Waals surface area contributed by atoms with Gasteiger partial charge in [0.25, 0.3) is 0 Å². The first-order valence-corrected chi connectivity index (χ1v) is 8.89. The lowest BCUT2D eigenvalue weighted by Gasteiger charge is -2.12. The van der Waals surface area contributed by atoms with Gasteiger partial charge in [-0.3, -0.25) is 0 Å². The van der Waals surface area contributed by atoms with Gasteiger partial charge in [0.2, 0.25) is 0 Å². The minimum absolute atomic E-state index is 0.291. The second-order valence-electron chi connectivity index (χ2n) is 6.91. The first-order valence-electron chi connectivity index (χ1n) is 8.89. The number of rotatable bonds is 2. The van der Waals surface area contributed by atoms with Crippen molar-refractivity contribution in [1.29, 1.82) is 0 Å². The second kappa shape index (κ2) is 5.67. The molecule has 0 unspecified atom stereocenters. The SMILES string of the molecule is CC(C)c1nc2ccccc2nc1-c1ccc2oc3ccccc3c2c1. The molecule has 126 valence electrons. The number of aromatic nitrogens is 2. The van der Waals surface area contributed by atoms with E-state index < -0.39 is 0 Å². The summed E-state index contributed by atoms with van der Waals surface area (Å²) in [5.74, 6) is 0.291. The lowest BCUT2D eigenvalue weighted by molar-refractivity contribution is 0.669. The van der Waals surface area contributed by atoms with Crippen LogP contribution >= 0.6 is 0 Å². The molecule has 0 saturated heterocycles. The number of benzene rings is 3. The lowest BCUT2D eigenvalue weighted by Crippen LogP contribution is -2.00. The highest BCUT2D eigenvalue weighted by Gasteiger charge is 2.16. The van der Waals surface area contributed by atoms with E-state index in [1.807, 2.05) is 48.5 Å². The van der Waals surface area contributed by atoms with Gasteiger partial charge in [-0.15, -0.1) is 0 Å². The molecule has 0 spiro atoms. The first kappa shape index (κ1) is 15.1. The van der Waals surface area contributed by atoms with E-state index in [-0.39, 0.29) is 0 Å². The summed E-state index contributed by atoms with van der Waals surface area (Å²) >= 11 is 0. The maximum atomic E-state index is 5.96. The van der Waals surface area contributed by atoms with Crippen LogP contribution in [-0.2, 0) is 0 Å². The van der Waals surface area contributed by atoms with Gasteiger partial charge in [-0.2, -0.15) is 0 Å². The van der Waals surface area contributed by atoms with Gasteiger partial charge < -0.3 is 4.42 Å². The molecule has 0 aliphatic heterocycles. The molecular weight excluding hydrogens is 320 g/mol. The molecule has 0 aliphatic carbocycles. The Hall–Kier alpha value is -3.20. The van der Waals surface area contributed by atoms with Gasteiger partial charge in [-0.05, 0) is 42.3 Å². The lowest BCUT2D eigenvalue weighted by atomic mass is 10.00. The molecule has 26 heavy (non-hydrogen) atoms. The minimum Gasteiger partial charge on any atom is -0.456 e. The third-order valence-electron chi connectivity index (χ3n) is 4.79. The average Bonchev–Trinajstić information content (AvgIpc) is 3.04. The van der Waals surface area contributed by atoms with Crippen LogP contribution in [0.4, 0.5) is 0 Å². The molecule has 0 aliphatic rings. The smallest absolute Gasteiger partial charge is 0.135 e. The number of hydrogen-bond donors (Lipinski definition) is 0. The van der Waals surface area contributed by atoms with Crippen LogP contribution in [0, 0.1) is 0 Å². The third kappa shape index (κ3) is 2.28. The van der Waals surface area contributed by atoms with Crippen LogP contribution in [-0.4, -0.2) is 9.97 Å². The molecule has 2 heterocycles. The highest BCUT2D eigenvalue weighted by Crippen LogP contribution is 2.34. The third-order valence-corrected chi connectivity index (χ3v) is 4.79. The van der Waals surface area contributed by atoms with Gasteiger partial charge in [-0.1, -0.05) is 44.2 Å². The maximum absolute atomic E-state index is 5.96. The molecule has 0 bridgehead atoms. The topological polar surface area (TPSA) is 38.9 Å². The van der Waals surface area contributed by atoms with Crippen molar-refractivity contribution in [3.8, 4) is 11.3 Å². The van der Waals surface area contributed by atoms with Crippen molar-refractivity contribution in [3.05, 3.63) is 72.4 Å². The van der Waals surface area contributed by atoms with Crippen LogP contribution in [0.1, 0.15) is 25.5 Å². The van der Waals surface area contributed by atoms with Crippen molar-refractivity contribution in [2.24, 2.45) is 0 Å². The van der Waals surface area contributed by atoms with Crippen LogP contribution in [0.25, 0.3) is 44.2 Å². The predicted octanol–water partition coefficient (Wildman–Crippen LogP) is 6.32. The molecule has 0 atom stereocenters. The van der Waals surface area contributed by atoms with Crippen molar-refractivity contribution in [1.82, 2.24) is 9.97 Å². The molecule has 5 aromatic rings. The summed E-state index contributed by atoms with van der Waals surface area (Å²) in [5.41, 5.74) is 6.72. The molecular formula is C23H18N2O. The quantitative estimate of drug-likeness (QED) is 0.378. The van der Waals surface area contributed by atoms with Crippen LogP contribution in [0.5, 0.6) is 0 Å². The zero-order valence-electron chi connectivity index (χ0n) is 14.7. The van der Waals surface area contributed by atoms with Gasteiger partial charge in [0, 0.05) is 16.3 Å². The molecule has 3 aromatic carbocycles. The molecule has 0 radical (unpaired) electrons. The van der Waals surface area contributed by atoms with Crippen molar-refractivity contribution in [2.75, 3.05) is 0 Å². The summed E-state index contributed by atoms with van der Waals surface area (Å²) in [6.45, 7) is 4.32. The Bertz CT molecular complexity index is 1270. The standard InChI is InChI=1S/C23H18N2O/c1-14(2)22-23(25-19-9-5-4-8-18(19)24-22)15-11-12-21-17(13-15)16-7-3-6-10-20(16)26-21/h3-14H,1-2H3. The maximum Gasteiger partial charge on any atom is 0.135 e. The van der Waals surface area contributed by atoms with E-state index in [1.165, 1.54) is 0 Å². The van der Waals surface area contributed by atoms with Crippen molar-refractivity contribution >= 4 is 33.0 Å². The average molecular weight is 338 g/mol. The summed E-state index contributed by atoms with van der Waals surface area (Å²) < 4.78 is 5.96. The Morgan fingerprint density at radius 2 is 1.42 bits per heavy atom. The fourth-order valence-corrected chi connectivity index (χ4v) is 3.50. The van der Waals surface area contributed by atoms with E-state index in [4.69, 9.17) is 14.4 Å². The normalized spacial score (nSPS) is 11.8. The Kier molecular flexibility index (Phi) is 3.29. The molecule has 0 saturated carbocycles. The van der Waals surface area contributed by atoms with Crippen LogP contribution in [0.2, 0.25) is 0 Å². The molecule has 0 fully saturated rings. The van der Waals surface area contributed by atoms with Gasteiger partial charge in [0.1, 0.15) is 11.2 Å². The molecule has 5 rings (SSSR count). The van der Waals surface area contributed by atoms with E-state index in [2.05, 4.69) is 32.0 Å². The largest absolute Gasteiger partial charge is 0.456 e. The van der Waals surface area contributed by atoms with E-state index in [1.54, 1.807) is 0 Å². The Balaban J connectivity index is 1.81. The van der Waals surface area contributed by atoms with E-state index in [0.717, 1.165) is 49.9 Å². The summed E-state index contributed by atoms with van der Waals surface area (Å²) in [5, 5.41) is 2.24. The Labute approximate surface area is 151 Å². The number of nitrogens with zero attached hydrogens (tertiary/aromatic N) is 2. The van der Waals surface area contributed by atoms with Crippen molar-refractivity contribution < 1.29 is 4.42 Å². The molecule has 3 heteroatoms. The highest BCUT2D eigenvalue weighted by atomic mass is 16.3. The predicted molar refractivity (Wildman–Crippen MR) is 106 cm³/mol. The highest BCUT2D eigenvalue weighted by molar-refractivity contribution is 6.06.